The summed E-state index contributed by atoms with van der Waals surface area (Å²) in [5, 5.41) is 2.79. The van der Waals surface area contributed by atoms with Gasteiger partial charge >= 0.3 is 0 Å². The summed E-state index contributed by atoms with van der Waals surface area (Å²) in [6.45, 7) is 4.33. The summed E-state index contributed by atoms with van der Waals surface area (Å²) in [5.41, 5.74) is 1.85. The maximum absolute atomic E-state index is 13.6. The van der Waals surface area contributed by atoms with E-state index >= 15 is 0 Å². The van der Waals surface area contributed by atoms with Gasteiger partial charge in [0.1, 0.15) is 11.6 Å². The molecule has 1 amide bonds. The first-order valence-corrected chi connectivity index (χ1v) is 9.71. The summed E-state index contributed by atoms with van der Waals surface area (Å²) in [5.74, 6) is 4.39. The van der Waals surface area contributed by atoms with E-state index in [4.69, 9.17) is 4.42 Å². The SMILES string of the molecule is CC1CCN(c2ccc(NC(=O)c3ccc(C#Cc4ccc(F)cc4F)o3)cc2)C1. The van der Waals surface area contributed by atoms with Gasteiger partial charge in [-0.05, 0) is 66.8 Å². The molecule has 4 rings (SSSR count). The number of rotatable bonds is 3. The molecule has 4 nitrogen and oxygen atoms in total. The van der Waals surface area contributed by atoms with Crippen LogP contribution in [-0.2, 0) is 0 Å². The molecular formula is C24H20F2N2O2. The minimum atomic E-state index is -0.751. The van der Waals surface area contributed by atoms with Crippen molar-refractivity contribution >= 4 is 17.3 Å². The second kappa shape index (κ2) is 8.42. The minimum Gasteiger partial charge on any atom is -0.443 e. The Morgan fingerprint density at radius 2 is 1.90 bits per heavy atom. The van der Waals surface area contributed by atoms with Gasteiger partial charge in [0.25, 0.3) is 5.91 Å². The first kappa shape index (κ1) is 19.7. The molecule has 1 N–H and O–H groups in total. The molecule has 1 atom stereocenters. The Labute approximate surface area is 173 Å². The molecular weight excluding hydrogens is 386 g/mol. The van der Waals surface area contributed by atoms with Crippen LogP contribution in [0.2, 0.25) is 0 Å². The van der Waals surface area contributed by atoms with Gasteiger partial charge in [-0.2, -0.15) is 0 Å². The third kappa shape index (κ3) is 4.52. The van der Waals surface area contributed by atoms with E-state index in [1.54, 1.807) is 0 Å². The Bertz CT molecular complexity index is 1130. The standard InChI is InChI=1S/C24H20F2N2O2/c1-16-12-13-28(15-16)20-7-5-19(6-8-20)27-24(29)23-11-10-21(30-23)9-3-17-2-4-18(25)14-22(17)26/h2,4-8,10-11,14,16H,12-13,15H2,1H3,(H,27,29). The van der Waals surface area contributed by atoms with Gasteiger partial charge < -0.3 is 14.6 Å². The maximum Gasteiger partial charge on any atom is 0.291 e. The Kier molecular flexibility index (Phi) is 5.53. The van der Waals surface area contributed by atoms with Crippen LogP contribution in [0.3, 0.4) is 0 Å². The number of benzene rings is 2. The number of furan rings is 1. The molecule has 3 aromatic rings. The van der Waals surface area contributed by atoms with Crippen LogP contribution in [0.5, 0.6) is 0 Å². The highest BCUT2D eigenvalue weighted by atomic mass is 19.1. The molecule has 30 heavy (non-hydrogen) atoms. The first-order valence-electron chi connectivity index (χ1n) is 9.71. The zero-order valence-corrected chi connectivity index (χ0v) is 16.4. The van der Waals surface area contributed by atoms with E-state index in [0.29, 0.717) is 11.6 Å². The lowest BCUT2D eigenvalue weighted by atomic mass is 10.2. The number of hydrogen-bond acceptors (Lipinski definition) is 3. The zero-order chi connectivity index (χ0) is 21.1. The minimum absolute atomic E-state index is 0.0475. The van der Waals surface area contributed by atoms with E-state index in [9.17, 15) is 13.6 Å². The van der Waals surface area contributed by atoms with Gasteiger partial charge in [0, 0.05) is 30.5 Å². The van der Waals surface area contributed by atoms with Gasteiger partial charge in [-0.25, -0.2) is 8.78 Å². The highest BCUT2D eigenvalue weighted by molar-refractivity contribution is 6.02. The summed E-state index contributed by atoms with van der Waals surface area (Å²) in [6.07, 6.45) is 1.19. The average Bonchev–Trinajstić information content (AvgIpc) is 3.37. The molecule has 2 aromatic carbocycles. The summed E-state index contributed by atoms with van der Waals surface area (Å²) in [6, 6.07) is 13.9. The molecule has 1 aliphatic rings. The van der Waals surface area contributed by atoms with Crippen LogP contribution in [0.25, 0.3) is 0 Å². The molecule has 0 radical (unpaired) electrons. The highest BCUT2D eigenvalue weighted by Gasteiger charge is 2.19. The Morgan fingerprint density at radius 3 is 2.60 bits per heavy atom. The smallest absolute Gasteiger partial charge is 0.291 e. The molecule has 1 unspecified atom stereocenters. The Hall–Kier alpha value is -3.59. The molecule has 1 aliphatic heterocycles. The van der Waals surface area contributed by atoms with Crippen molar-refractivity contribution in [2.24, 2.45) is 5.92 Å². The largest absolute Gasteiger partial charge is 0.443 e. The lowest BCUT2D eigenvalue weighted by Gasteiger charge is -2.18. The molecule has 0 aliphatic carbocycles. The lowest BCUT2D eigenvalue weighted by Crippen LogP contribution is -2.19. The quantitative estimate of drug-likeness (QED) is 0.619. The molecule has 152 valence electrons. The number of hydrogen-bond donors (Lipinski definition) is 1. The van der Waals surface area contributed by atoms with E-state index < -0.39 is 17.5 Å². The zero-order valence-electron chi connectivity index (χ0n) is 16.4. The molecule has 6 heteroatoms. The first-order chi connectivity index (χ1) is 14.5. The third-order valence-electron chi connectivity index (χ3n) is 5.00. The average molecular weight is 406 g/mol. The van der Waals surface area contributed by atoms with Crippen molar-refractivity contribution < 1.29 is 18.0 Å². The predicted molar refractivity (Wildman–Crippen MR) is 111 cm³/mol. The predicted octanol–water partition coefficient (Wildman–Crippen LogP) is 5.06. The number of carbonyl (C=O) groups excluding carboxylic acids is 1. The molecule has 2 heterocycles. The molecule has 1 fully saturated rings. The van der Waals surface area contributed by atoms with Crippen LogP contribution in [0, 0.1) is 29.4 Å². The fraction of sp³-hybridized carbons (Fsp3) is 0.208. The number of nitrogens with one attached hydrogen (secondary N) is 1. The van der Waals surface area contributed by atoms with Gasteiger partial charge in [0.2, 0.25) is 0 Å². The third-order valence-corrected chi connectivity index (χ3v) is 5.00. The van der Waals surface area contributed by atoms with Crippen molar-refractivity contribution in [3.63, 3.8) is 0 Å². The lowest BCUT2D eigenvalue weighted by molar-refractivity contribution is 0.0996. The second-order valence-electron chi connectivity index (χ2n) is 7.38. The van der Waals surface area contributed by atoms with Gasteiger partial charge in [0.05, 0.1) is 5.56 Å². The maximum atomic E-state index is 13.6. The van der Waals surface area contributed by atoms with E-state index in [0.717, 1.165) is 30.9 Å². The van der Waals surface area contributed by atoms with Crippen molar-refractivity contribution in [3.05, 3.63) is 83.3 Å². The summed E-state index contributed by atoms with van der Waals surface area (Å²) < 4.78 is 32.0. The normalized spacial score (nSPS) is 15.6. The van der Waals surface area contributed by atoms with E-state index in [1.807, 2.05) is 24.3 Å². The Morgan fingerprint density at radius 1 is 1.10 bits per heavy atom. The molecule has 1 saturated heterocycles. The van der Waals surface area contributed by atoms with Gasteiger partial charge in [-0.3, -0.25) is 4.79 Å². The molecule has 1 aromatic heterocycles. The monoisotopic (exact) mass is 406 g/mol. The van der Waals surface area contributed by atoms with Crippen molar-refractivity contribution in [2.45, 2.75) is 13.3 Å². The van der Waals surface area contributed by atoms with Crippen molar-refractivity contribution in [1.82, 2.24) is 0 Å². The van der Waals surface area contributed by atoms with Crippen LogP contribution >= 0.6 is 0 Å². The molecule has 0 bridgehead atoms. The number of anilines is 2. The number of amides is 1. The van der Waals surface area contributed by atoms with Crippen LogP contribution < -0.4 is 10.2 Å². The molecule has 0 saturated carbocycles. The summed E-state index contributed by atoms with van der Waals surface area (Å²) in [4.78, 5) is 14.7. The topological polar surface area (TPSA) is 45.5 Å². The van der Waals surface area contributed by atoms with Crippen molar-refractivity contribution in [1.29, 1.82) is 0 Å². The van der Waals surface area contributed by atoms with Gasteiger partial charge in [0.15, 0.2) is 11.5 Å². The van der Waals surface area contributed by atoms with E-state index in [1.165, 1.54) is 24.6 Å². The summed E-state index contributed by atoms with van der Waals surface area (Å²) >= 11 is 0. The summed E-state index contributed by atoms with van der Waals surface area (Å²) in [7, 11) is 0. The van der Waals surface area contributed by atoms with Crippen molar-refractivity contribution in [3.8, 4) is 11.8 Å². The van der Waals surface area contributed by atoms with E-state index in [-0.39, 0.29) is 17.1 Å². The van der Waals surface area contributed by atoms with Crippen LogP contribution in [0.1, 0.15) is 35.2 Å². The van der Waals surface area contributed by atoms with Crippen LogP contribution in [0.15, 0.2) is 59.0 Å². The highest BCUT2D eigenvalue weighted by Crippen LogP contribution is 2.25. The van der Waals surface area contributed by atoms with Gasteiger partial charge in [-0.1, -0.05) is 12.8 Å². The van der Waals surface area contributed by atoms with Crippen LogP contribution in [0.4, 0.5) is 20.2 Å². The van der Waals surface area contributed by atoms with Crippen LogP contribution in [-0.4, -0.2) is 19.0 Å². The number of halogens is 2. The second-order valence-corrected chi connectivity index (χ2v) is 7.38. The number of nitrogens with zero attached hydrogens (tertiary/aromatic N) is 1. The van der Waals surface area contributed by atoms with E-state index in [2.05, 4.69) is 29.0 Å². The van der Waals surface area contributed by atoms with Gasteiger partial charge in [-0.15, -0.1) is 0 Å². The van der Waals surface area contributed by atoms with Crippen molar-refractivity contribution in [2.75, 3.05) is 23.3 Å². The fourth-order valence-electron chi connectivity index (χ4n) is 3.36. The fourth-order valence-corrected chi connectivity index (χ4v) is 3.36. The number of carbonyl (C=O) groups is 1. The molecule has 0 spiro atoms. The Balaban J connectivity index is 1.40.